The van der Waals surface area contributed by atoms with Crippen molar-refractivity contribution < 1.29 is 14.2 Å². The van der Waals surface area contributed by atoms with E-state index >= 15 is 0 Å². The predicted octanol–water partition coefficient (Wildman–Crippen LogP) is 4.68. The molecule has 21 heavy (non-hydrogen) atoms. The van der Waals surface area contributed by atoms with Gasteiger partial charge in [0, 0.05) is 19.6 Å². The molecule has 0 rings (SSSR count). The summed E-state index contributed by atoms with van der Waals surface area (Å²) >= 11 is 0. The van der Waals surface area contributed by atoms with Crippen molar-refractivity contribution in [3.05, 3.63) is 0 Å². The van der Waals surface area contributed by atoms with Crippen molar-refractivity contribution in [2.24, 2.45) is 11.8 Å². The van der Waals surface area contributed by atoms with Gasteiger partial charge in [0.05, 0.1) is 23.9 Å². The van der Waals surface area contributed by atoms with E-state index in [1.165, 1.54) is 0 Å². The summed E-state index contributed by atoms with van der Waals surface area (Å²) in [7, 11) is 0. The van der Waals surface area contributed by atoms with Gasteiger partial charge in [-0.05, 0) is 46.5 Å². The van der Waals surface area contributed by atoms with E-state index in [1.54, 1.807) is 0 Å². The van der Waals surface area contributed by atoms with E-state index < -0.39 is 0 Å². The molecule has 3 nitrogen and oxygen atoms in total. The molecule has 3 heteroatoms. The predicted molar refractivity (Wildman–Crippen MR) is 89.7 cm³/mol. The molecule has 0 amide bonds. The molecule has 0 aromatic heterocycles. The lowest BCUT2D eigenvalue weighted by Crippen LogP contribution is -2.38. The van der Waals surface area contributed by atoms with Gasteiger partial charge < -0.3 is 14.2 Å². The van der Waals surface area contributed by atoms with E-state index in [1.807, 2.05) is 0 Å². The van der Waals surface area contributed by atoms with Crippen molar-refractivity contribution in [3.63, 3.8) is 0 Å². The zero-order valence-corrected chi connectivity index (χ0v) is 15.7. The second-order valence-electron chi connectivity index (χ2n) is 7.76. The second kappa shape index (κ2) is 9.81. The maximum Gasteiger partial charge on any atom is 0.0813 e. The lowest BCUT2D eigenvalue weighted by molar-refractivity contribution is -0.140. The molecule has 0 heterocycles. The van der Waals surface area contributed by atoms with E-state index in [2.05, 4.69) is 62.3 Å². The Hall–Kier alpha value is -0.120. The molecule has 0 aromatic carbocycles. The van der Waals surface area contributed by atoms with Gasteiger partial charge in [-0.2, -0.15) is 0 Å². The van der Waals surface area contributed by atoms with Crippen LogP contribution in [0.4, 0.5) is 0 Å². The molecule has 3 unspecified atom stereocenters. The maximum absolute atomic E-state index is 6.20. The third-order valence-corrected chi connectivity index (χ3v) is 3.35. The Bertz CT molecular complexity index is 261. The van der Waals surface area contributed by atoms with Gasteiger partial charge in [0.1, 0.15) is 0 Å². The minimum atomic E-state index is -0.203. The van der Waals surface area contributed by atoms with Crippen molar-refractivity contribution in [2.75, 3.05) is 13.2 Å². The van der Waals surface area contributed by atoms with Crippen LogP contribution in [-0.2, 0) is 14.2 Å². The molecular weight excluding hydrogens is 264 g/mol. The summed E-state index contributed by atoms with van der Waals surface area (Å²) in [5.74, 6) is 1.12. The lowest BCUT2D eigenvalue weighted by Gasteiger charge is -2.34. The van der Waals surface area contributed by atoms with Crippen molar-refractivity contribution in [3.8, 4) is 0 Å². The van der Waals surface area contributed by atoms with Gasteiger partial charge in [-0.25, -0.2) is 0 Å². The summed E-state index contributed by atoms with van der Waals surface area (Å²) in [4.78, 5) is 0. The van der Waals surface area contributed by atoms with Crippen molar-refractivity contribution in [1.82, 2.24) is 0 Å². The van der Waals surface area contributed by atoms with Crippen LogP contribution in [0.15, 0.2) is 0 Å². The van der Waals surface area contributed by atoms with E-state index in [4.69, 9.17) is 14.2 Å². The van der Waals surface area contributed by atoms with Crippen LogP contribution in [0.2, 0.25) is 0 Å². The smallest absolute Gasteiger partial charge is 0.0813 e. The third kappa shape index (κ3) is 11.1. The highest BCUT2D eigenvalue weighted by molar-refractivity contribution is 4.76. The summed E-state index contributed by atoms with van der Waals surface area (Å²) < 4.78 is 17.9. The van der Waals surface area contributed by atoms with E-state index in [-0.39, 0.29) is 23.9 Å². The Morgan fingerprint density at radius 3 is 1.67 bits per heavy atom. The lowest BCUT2D eigenvalue weighted by atomic mass is 10.0. The molecule has 0 saturated carbocycles. The normalized spacial score (nSPS) is 17.3. The first kappa shape index (κ1) is 20.9. The first-order valence-electron chi connectivity index (χ1n) is 8.44. The highest BCUT2D eigenvalue weighted by atomic mass is 16.6. The fourth-order valence-corrected chi connectivity index (χ4v) is 2.23. The monoisotopic (exact) mass is 302 g/mol. The van der Waals surface area contributed by atoms with Gasteiger partial charge in [-0.3, -0.25) is 0 Å². The van der Waals surface area contributed by atoms with Crippen LogP contribution in [0.1, 0.15) is 68.7 Å². The van der Waals surface area contributed by atoms with Gasteiger partial charge in [0.15, 0.2) is 0 Å². The molecule has 0 aromatic rings. The zero-order chi connectivity index (χ0) is 16.6. The molecule has 0 aliphatic rings. The highest BCUT2D eigenvalue weighted by Crippen LogP contribution is 2.22. The first-order valence-corrected chi connectivity index (χ1v) is 8.44. The van der Waals surface area contributed by atoms with E-state index in [0.29, 0.717) is 11.8 Å². The van der Waals surface area contributed by atoms with Crippen molar-refractivity contribution in [2.45, 2.75) is 92.6 Å². The molecule has 3 atom stereocenters. The SMILES string of the molecule is CC(C)COC(C)CC(C)(C)OC(C)C(C)OCC(C)C. The minimum Gasteiger partial charge on any atom is -0.378 e. The molecular formula is C18H38O3. The quantitative estimate of drug-likeness (QED) is 0.554. The standard InChI is InChI=1S/C18H38O3/c1-13(2)11-19-15(5)10-18(8,9)21-17(7)16(6)20-12-14(3)4/h13-17H,10-12H2,1-9H3. The average Bonchev–Trinajstić information content (AvgIpc) is 2.31. The van der Waals surface area contributed by atoms with Crippen LogP contribution in [0, 0.1) is 11.8 Å². The van der Waals surface area contributed by atoms with Crippen LogP contribution >= 0.6 is 0 Å². The fraction of sp³-hybridized carbons (Fsp3) is 1.00. The van der Waals surface area contributed by atoms with Crippen LogP contribution in [0.25, 0.3) is 0 Å². The van der Waals surface area contributed by atoms with E-state index in [0.717, 1.165) is 19.6 Å². The molecule has 0 spiro atoms. The molecule has 0 aliphatic carbocycles. The fourth-order valence-electron chi connectivity index (χ4n) is 2.23. The van der Waals surface area contributed by atoms with Crippen LogP contribution in [-0.4, -0.2) is 37.1 Å². The summed E-state index contributed by atoms with van der Waals surface area (Å²) in [6, 6.07) is 0. The van der Waals surface area contributed by atoms with Crippen LogP contribution in [0.3, 0.4) is 0 Å². The number of hydrogen-bond acceptors (Lipinski definition) is 3. The summed E-state index contributed by atoms with van der Waals surface area (Å²) in [6.45, 7) is 20.8. The van der Waals surface area contributed by atoms with Gasteiger partial charge in [0.2, 0.25) is 0 Å². The van der Waals surface area contributed by atoms with Crippen molar-refractivity contribution in [1.29, 1.82) is 0 Å². The Kier molecular flexibility index (Phi) is 9.75. The molecule has 0 aliphatic heterocycles. The maximum atomic E-state index is 6.20. The summed E-state index contributed by atoms with van der Waals surface area (Å²) in [5.41, 5.74) is -0.203. The zero-order valence-electron chi connectivity index (χ0n) is 15.7. The van der Waals surface area contributed by atoms with Crippen LogP contribution in [0.5, 0.6) is 0 Å². The number of hydrogen-bond donors (Lipinski definition) is 0. The minimum absolute atomic E-state index is 0.0797. The van der Waals surface area contributed by atoms with Crippen molar-refractivity contribution >= 4 is 0 Å². The van der Waals surface area contributed by atoms with Gasteiger partial charge in [-0.1, -0.05) is 27.7 Å². The van der Waals surface area contributed by atoms with Gasteiger partial charge in [-0.15, -0.1) is 0 Å². The average molecular weight is 302 g/mol. The van der Waals surface area contributed by atoms with Crippen LogP contribution < -0.4 is 0 Å². The largest absolute Gasteiger partial charge is 0.378 e. The Morgan fingerprint density at radius 1 is 0.714 bits per heavy atom. The van der Waals surface area contributed by atoms with E-state index in [9.17, 15) is 0 Å². The van der Waals surface area contributed by atoms with Gasteiger partial charge in [0.25, 0.3) is 0 Å². The molecule has 0 fully saturated rings. The summed E-state index contributed by atoms with van der Waals surface area (Å²) in [6.07, 6.45) is 1.29. The molecule has 0 saturated heterocycles. The highest BCUT2D eigenvalue weighted by Gasteiger charge is 2.27. The first-order chi connectivity index (χ1) is 9.53. The topological polar surface area (TPSA) is 27.7 Å². The molecule has 0 N–H and O–H groups in total. The summed E-state index contributed by atoms with van der Waals surface area (Å²) in [5, 5.41) is 0. The third-order valence-electron chi connectivity index (χ3n) is 3.35. The number of rotatable bonds is 11. The molecule has 128 valence electrons. The second-order valence-corrected chi connectivity index (χ2v) is 7.76. The Balaban J connectivity index is 4.19. The molecule has 0 radical (unpaired) electrons. The molecule has 0 bridgehead atoms. The van der Waals surface area contributed by atoms with Gasteiger partial charge >= 0.3 is 0 Å². The number of ether oxygens (including phenoxy) is 3. The Morgan fingerprint density at radius 2 is 1.19 bits per heavy atom. The Labute approximate surface area is 132 Å².